The van der Waals surface area contributed by atoms with Crippen LogP contribution in [0.1, 0.15) is 10.4 Å². The number of sulfonamides is 1. The van der Waals surface area contributed by atoms with E-state index < -0.39 is 16.0 Å². The Hall–Kier alpha value is -1.80. The van der Waals surface area contributed by atoms with E-state index in [2.05, 4.69) is 4.72 Å². The van der Waals surface area contributed by atoms with Crippen LogP contribution in [-0.4, -0.2) is 19.5 Å². The number of fused-ring (bicyclic) bond motifs is 1. The Bertz CT molecular complexity index is 1040. The van der Waals surface area contributed by atoms with Gasteiger partial charge in [-0.2, -0.15) is 0 Å². The van der Waals surface area contributed by atoms with Crippen molar-refractivity contribution in [1.82, 2.24) is 0 Å². The molecule has 0 atom stereocenters. The van der Waals surface area contributed by atoms with Crippen LogP contribution in [-0.2, 0) is 10.0 Å². The number of carboxylic acid groups (broad SMARTS) is 1. The van der Waals surface area contributed by atoms with Crippen LogP contribution in [0, 0.1) is 0 Å². The summed E-state index contributed by atoms with van der Waals surface area (Å²) in [6.07, 6.45) is 0. The molecule has 0 fully saturated rings. The fraction of sp³-hybridized carbons (Fsp3) is 0. The average Bonchev–Trinajstić information content (AvgIpc) is 2.83. The number of hydrogen-bond acceptors (Lipinski definition) is 4. The Morgan fingerprint density at radius 2 is 1.71 bits per heavy atom. The van der Waals surface area contributed by atoms with Crippen LogP contribution in [0.3, 0.4) is 0 Å². The lowest BCUT2D eigenvalue weighted by molar-refractivity contribution is 0.0700. The smallest absolute Gasteiger partial charge is 0.339 e. The lowest BCUT2D eigenvalue weighted by Crippen LogP contribution is -2.14. The van der Waals surface area contributed by atoms with Crippen LogP contribution in [0.2, 0.25) is 10.0 Å². The summed E-state index contributed by atoms with van der Waals surface area (Å²) >= 11 is 12.7. The predicted octanol–water partition coefficient (Wildman–Crippen LogP) is 4.71. The van der Waals surface area contributed by atoms with Crippen molar-refractivity contribution in [1.29, 1.82) is 0 Å². The van der Waals surface area contributed by atoms with Gasteiger partial charge < -0.3 is 5.11 Å². The van der Waals surface area contributed by atoms with Crippen molar-refractivity contribution < 1.29 is 18.3 Å². The molecule has 0 spiro atoms. The Labute approximate surface area is 151 Å². The molecule has 24 heavy (non-hydrogen) atoms. The molecule has 1 heterocycles. The number of anilines is 1. The van der Waals surface area contributed by atoms with Gasteiger partial charge in [0.15, 0.2) is 0 Å². The van der Waals surface area contributed by atoms with Gasteiger partial charge in [0.1, 0.15) is 10.6 Å². The Kier molecular flexibility index (Phi) is 4.44. The molecule has 1 aromatic heterocycles. The van der Waals surface area contributed by atoms with E-state index in [1.165, 1.54) is 18.2 Å². The first kappa shape index (κ1) is 17.0. The molecule has 0 unspecified atom stereocenters. The summed E-state index contributed by atoms with van der Waals surface area (Å²) in [7, 11) is -4.03. The molecule has 124 valence electrons. The lowest BCUT2D eigenvalue weighted by Gasteiger charge is -2.08. The van der Waals surface area contributed by atoms with Crippen LogP contribution >= 0.6 is 34.5 Å². The van der Waals surface area contributed by atoms with Crippen molar-refractivity contribution in [3.8, 4) is 0 Å². The van der Waals surface area contributed by atoms with E-state index in [0.29, 0.717) is 10.1 Å². The Morgan fingerprint density at radius 3 is 2.33 bits per heavy atom. The number of benzene rings is 2. The van der Waals surface area contributed by atoms with Crippen LogP contribution in [0.15, 0.2) is 47.4 Å². The maximum absolute atomic E-state index is 12.5. The molecule has 0 aliphatic carbocycles. The molecule has 9 heteroatoms. The van der Waals surface area contributed by atoms with Gasteiger partial charge in [-0.05, 0) is 24.3 Å². The summed E-state index contributed by atoms with van der Waals surface area (Å²) in [5.74, 6) is -1.21. The van der Waals surface area contributed by atoms with Crippen LogP contribution in [0.25, 0.3) is 10.1 Å². The predicted molar refractivity (Wildman–Crippen MR) is 96.1 cm³/mol. The molecular weight excluding hydrogens is 393 g/mol. The van der Waals surface area contributed by atoms with Crippen molar-refractivity contribution >= 4 is 65.6 Å². The molecule has 0 radical (unpaired) electrons. The van der Waals surface area contributed by atoms with Gasteiger partial charge in [-0.15, -0.1) is 11.3 Å². The molecule has 0 saturated carbocycles. The maximum Gasteiger partial charge on any atom is 0.339 e. The van der Waals surface area contributed by atoms with Crippen molar-refractivity contribution in [2.45, 2.75) is 4.90 Å². The van der Waals surface area contributed by atoms with E-state index in [1.54, 1.807) is 24.3 Å². The molecule has 0 saturated heterocycles. The first-order valence-corrected chi connectivity index (χ1v) is 9.57. The molecule has 3 aromatic rings. The molecular formula is C15H9Cl2NO4S2. The third-order valence-corrected chi connectivity index (χ3v) is 6.16. The fourth-order valence-electron chi connectivity index (χ4n) is 2.19. The maximum atomic E-state index is 12.5. The summed E-state index contributed by atoms with van der Waals surface area (Å²) in [6.45, 7) is 0. The second-order valence-corrected chi connectivity index (χ2v) is 8.43. The van der Waals surface area contributed by atoms with Gasteiger partial charge in [-0.25, -0.2) is 13.2 Å². The number of halogens is 2. The molecule has 2 N–H and O–H groups in total. The summed E-state index contributed by atoms with van der Waals surface area (Å²) in [5.41, 5.74) is -0.0905. The monoisotopic (exact) mass is 401 g/mol. The Balaban J connectivity index is 2.12. The van der Waals surface area contributed by atoms with E-state index >= 15 is 0 Å². The average molecular weight is 402 g/mol. The fourth-order valence-corrected chi connectivity index (χ4v) is 5.32. The quantitative estimate of drug-likeness (QED) is 0.662. The summed E-state index contributed by atoms with van der Waals surface area (Å²) in [6, 6.07) is 10.7. The number of carbonyl (C=O) groups is 1. The number of carboxylic acids is 1. The van der Waals surface area contributed by atoms with Gasteiger partial charge in [-0.3, -0.25) is 4.72 Å². The zero-order valence-electron chi connectivity index (χ0n) is 11.8. The second-order valence-electron chi connectivity index (χ2n) is 4.82. The molecule has 2 aromatic carbocycles. The van der Waals surface area contributed by atoms with Crippen molar-refractivity contribution in [3.63, 3.8) is 0 Å². The highest BCUT2D eigenvalue weighted by molar-refractivity contribution is 7.93. The second kappa shape index (κ2) is 6.25. The summed E-state index contributed by atoms with van der Waals surface area (Å²) in [5, 5.41) is 10.3. The minimum absolute atomic E-state index is 0.0276. The van der Waals surface area contributed by atoms with Gasteiger partial charge in [-0.1, -0.05) is 41.4 Å². The normalized spacial score (nSPS) is 11.6. The number of nitrogens with one attached hydrogen (secondary N) is 1. The minimum atomic E-state index is -4.03. The highest BCUT2D eigenvalue weighted by atomic mass is 35.5. The number of thiophene rings is 1. The molecule has 0 aliphatic rings. The number of rotatable bonds is 4. The van der Waals surface area contributed by atoms with E-state index in [4.69, 9.17) is 23.2 Å². The molecule has 5 nitrogen and oxygen atoms in total. The molecule has 3 rings (SSSR count). The molecule has 0 aliphatic heterocycles. The van der Waals surface area contributed by atoms with Gasteiger partial charge >= 0.3 is 5.97 Å². The molecule has 0 amide bonds. The highest BCUT2D eigenvalue weighted by Gasteiger charge is 2.23. The lowest BCUT2D eigenvalue weighted by atomic mass is 10.2. The zero-order chi connectivity index (χ0) is 17.5. The van der Waals surface area contributed by atoms with Crippen LogP contribution < -0.4 is 4.72 Å². The third kappa shape index (κ3) is 3.21. The van der Waals surface area contributed by atoms with E-state index in [0.717, 1.165) is 11.3 Å². The summed E-state index contributed by atoms with van der Waals surface area (Å²) < 4.78 is 28.1. The topological polar surface area (TPSA) is 83.5 Å². The van der Waals surface area contributed by atoms with Crippen molar-refractivity contribution in [2.75, 3.05) is 4.72 Å². The highest BCUT2D eigenvalue weighted by Crippen LogP contribution is 2.37. The van der Waals surface area contributed by atoms with Gasteiger partial charge in [0.2, 0.25) is 0 Å². The zero-order valence-corrected chi connectivity index (χ0v) is 14.9. The van der Waals surface area contributed by atoms with Gasteiger partial charge in [0.05, 0.1) is 4.90 Å². The number of hydrogen-bond donors (Lipinski definition) is 2. The third-order valence-electron chi connectivity index (χ3n) is 3.18. The first-order chi connectivity index (χ1) is 11.3. The molecule has 0 bridgehead atoms. The van der Waals surface area contributed by atoms with Gasteiger partial charge in [0.25, 0.3) is 10.0 Å². The standard InChI is InChI=1S/C15H9Cl2NO4S2/c16-8-5-9(17)7-10(6-8)24(21,22)18-14-13(15(19)20)11-3-1-2-4-12(11)23-14/h1-7,18H,(H,19,20). The SMILES string of the molecule is O=C(O)c1c(NS(=O)(=O)c2cc(Cl)cc(Cl)c2)sc2ccccc12. The van der Waals surface area contributed by atoms with Crippen molar-refractivity contribution in [3.05, 3.63) is 58.1 Å². The van der Waals surface area contributed by atoms with E-state index in [9.17, 15) is 18.3 Å². The van der Waals surface area contributed by atoms with Crippen molar-refractivity contribution in [2.24, 2.45) is 0 Å². The summed E-state index contributed by atoms with van der Waals surface area (Å²) in [4.78, 5) is 11.4. The van der Waals surface area contributed by atoms with Crippen LogP contribution in [0.5, 0.6) is 0 Å². The minimum Gasteiger partial charge on any atom is -0.478 e. The van der Waals surface area contributed by atoms with Crippen LogP contribution in [0.4, 0.5) is 5.00 Å². The number of aromatic carboxylic acids is 1. The Morgan fingerprint density at radius 1 is 1.08 bits per heavy atom. The van der Waals surface area contributed by atoms with Gasteiger partial charge in [0, 0.05) is 20.1 Å². The van der Waals surface area contributed by atoms with E-state index in [1.807, 2.05) is 0 Å². The largest absolute Gasteiger partial charge is 0.478 e. The van der Waals surface area contributed by atoms with E-state index in [-0.39, 0.29) is 25.5 Å². The first-order valence-electron chi connectivity index (χ1n) is 6.51.